The van der Waals surface area contributed by atoms with E-state index in [0.29, 0.717) is 0 Å². The predicted molar refractivity (Wildman–Crippen MR) is 58.2 cm³/mol. The van der Waals surface area contributed by atoms with E-state index < -0.39 is 0 Å². The molecule has 1 aliphatic rings. The summed E-state index contributed by atoms with van der Waals surface area (Å²) in [5.41, 5.74) is 4.26. The number of aryl methyl sites for hydroxylation is 1. The summed E-state index contributed by atoms with van der Waals surface area (Å²) in [7, 11) is 0. The van der Waals surface area contributed by atoms with Crippen LogP contribution in [0.4, 0.5) is 0 Å². The average molecular weight is 188 g/mol. The maximum atomic E-state index is 9.28. The van der Waals surface area contributed by atoms with E-state index in [1.165, 1.54) is 16.7 Å². The van der Waals surface area contributed by atoms with Gasteiger partial charge in [0.2, 0.25) is 0 Å². The number of hydrogen-bond acceptors (Lipinski definition) is 1. The molecule has 1 aromatic carbocycles. The van der Waals surface area contributed by atoms with Crippen molar-refractivity contribution in [3.63, 3.8) is 0 Å². The third kappa shape index (κ3) is 2.05. The van der Waals surface area contributed by atoms with Crippen LogP contribution in [0.15, 0.2) is 35.9 Å². The minimum atomic E-state index is -0.310. The maximum Gasteiger partial charge on any atom is 0.0695 e. The Morgan fingerprint density at radius 1 is 1.21 bits per heavy atom. The Bertz CT molecular complexity index is 350. The van der Waals surface area contributed by atoms with Crippen LogP contribution in [0, 0.1) is 0 Å². The fraction of sp³-hybridized carbons (Fsp3) is 0.385. The van der Waals surface area contributed by atoms with E-state index in [1.807, 2.05) is 13.0 Å². The van der Waals surface area contributed by atoms with Crippen LogP contribution in [0.25, 0.3) is 0 Å². The van der Waals surface area contributed by atoms with Crippen LogP contribution in [0.5, 0.6) is 0 Å². The number of aliphatic hydroxyl groups excluding tert-OH is 1. The summed E-state index contributed by atoms with van der Waals surface area (Å²) in [6, 6.07) is 8.57. The van der Waals surface area contributed by atoms with Gasteiger partial charge in [-0.05, 0) is 37.3 Å². The molecule has 0 amide bonds. The van der Waals surface area contributed by atoms with Crippen LogP contribution >= 0.6 is 0 Å². The SMILES string of the molecule is CC(O)/C=C1/CCc2ccccc2C1. The minimum absolute atomic E-state index is 0.310. The number of benzene rings is 1. The lowest BCUT2D eigenvalue weighted by Crippen LogP contribution is -2.07. The molecule has 1 atom stereocenters. The first kappa shape index (κ1) is 9.47. The molecular weight excluding hydrogens is 172 g/mol. The molecule has 0 aromatic heterocycles. The molecule has 1 N–H and O–H groups in total. The zero-order valence-corrected chi connectivity index (χ0v) is 8.53. The van der Waals surface area contributed by atoms with Gasteiger partial charge in [0, 0.05) is 0 Å². The summed E-state index contributed by atoms with van der Waals surface area (Å²) in [5.74, 6) is 0. The Labute approximate surface area is 85.1 Å². The Morgan fingerprint density at radius 2 is 1.93 bits per heavy atom. The van der Waals surface area contributed by atoms with Crippen LogP contribution in [-0.4, -0.2) is 11.2 Å². The van der Waals surface area contributed by atoms with Crippen molar-refractivity contribution in [2.45, 2.75) is 32.3 Å². The molecule has 0 bridgehead atoms. The molecule has 2 rings (SSSR count). The lowest BCUT2D eigenvalue weighted by atomic mass is 9.87. The van der Waals surface area contributed by atoms with Gasteiger partial charge in [0.05, 0.1) is 6.10 Å². The maximum absolute atomic E-state index is 9.28. The van der Waals surface area contributed by atoms with E-state index in [1.54, 1.807) is 0 Å². The first-order valence-corrected chi connectivity index (χ1v) is 5.20. The molecule has 0 saturated carbocycles. The predicted octanol–water partition coefficient (Wildman–Crippen LogP) is 2.48. The molecule has 1 heteroatoms. The van der Waals surface area contributed by atoms with Gasteiger partial charge in [-0.2, -0.15) is 0 Å². The zero-order valence-electron chi connectivity index (χ0n) is 8.53. The minimum Gasteiger partial charge on any atom is -0.389 e. The Morgan fingerprint density at radius 3 is 2.64 bits per heavy atom. The second-order valence-electron chi connectivity index (χ2n) is 4.01. The molecule has 1 nitrogen and oxygen atoms in total. The summed E-state index contributed by atoms with van der Waals surface area (Å²) in [5, 5.41) is 9.28. The van der Waals surface area contributed by atoms with Crippen molar-refractivity contribution in [2.24, 2.45) is 0 Å². The van der Waals surface area contributed by atoms with Gasteiger partial charge < -0.3 is 5.11 Å². The summed E-state index contributed by atoms with van der Waals surface area (Å²) < 4.78 is 0. The summed E-state index contributed by atoms with van der Waals surface area (Å²) in [4.78, 5) is 0. The van der Waals surface area contributed by atoms with Gasteiger partial charge in [-0.15, -0.1) is 0 Å². The Kier molecular flexibility index (Phi) is 2.69. The number of aliphatic hydroxyl groups is 1. The summed E-state index contributed by atoms with van der Waals surface area (Å²) in [6.07, 6.45) is 4.91. The second kappa shape index (κ2) is 3.97. The molecule has 0 saturated heterocycles. The third-order valence-corrected chi connectivity index (χ3v) is 2.73. The highest BCUT2D eigenvalue weighted by Gasteiger charge is 2.12. The lowest BCUT2D eigenvalue weighted by molar-refractivity contribution is 0.242. The van der Waals surface area contributed by atoms with Gasteiger partial charge in [0.15, 0.2) is 0 Å². The lowest BCUT2D eigenvalue weighted by Gasteiger charge is -2.18. The molecule has 1 unspecified atom stereocenters. The first-order chi connectivity index (χ1) is 6.75. The van der Waals surface area contributed by atoms with E-state index in [0.717, 1.165) is 19.3 Å². The summed E-state index contributed by atoms with van der Waals surface area (Å²) in [6.45, 7) is 1.81. The van der Waals surface area contributed by atoms with Gasteiger partial charge in [-0.3, -0.25) is 0 Å². The van der Waals surface area contributed by atoms with Gasteiger partial charge >= 0.3 is 0 Å². The van der Waals surface area contributed by atoms with Crippen LogP contribution in [0.1, 0.15) is 24.5 Å². The molecule has 0 radical (unpaired) electrons. The van der Waals surface area contributed by atoms with Gasteiger partial charge in [0.1, 0.15) is 0 Å². The second-order valence-corrected chi connectivity index (χ2v) is 4.01. The van der Waals surface area contributed by atoms with Crippen molar-refractivity contribution in [3.8, 4) is 0 Å². The van der Waals surface area contributed by atoms with E-state index >= 15 is 0 Å². The van der Waals surface area contributed by atoms with E-state index in [4.69, 9.17) is 0 Å². The molecule has 0 aliphatic heterocycles. The van der Waals surface area contributed by atoms with E-state index in [2.05, 4.69) is 24.3 Å². The van der Waals surface area contributed by atoms with Crippen LogP contribution in [0.3, 0.4) is 0 Å². The van der Waals surface area contributed by atoms with Crippen molar-refractivity contribution in [1.29, 1.82) is 0 Å². The smallest absolute Gasteiger partial charge is 0.0695 e. The number of rotatable bonds is 1. The molecule has 0 spiro atoms. The summed E-state index contributed by atoms with van der Waals surface area (Å²) >= 11 is 0. The van der Waals surface area contributed by atoms with E-state index in [-0.39, 0.29) is 6.10 Å². The van der Waals surface area contributed by atoms with E-state index in [9.17, 15) is 5.11 Å². The largest absolute Gasteiger partial charge is 0.389 e. The normalized spacial score (nSPS) is 20.6. The quantitative estimate of drug-likeness (QED) is 0.671. The monoisotopic (exact) mass is 188 g/mol. The first-order valence-electron chi connectivity index (χ1n) is 5.20. The topological polar surface area (TPSA) is 20.2 Å². The molecule has 0 heterocycles. The van der Waals surface area contributed by atoms with Crippen LogP contribution in [0.2, 0.25) is 0 Å². The molecule has 1 aromatic rings. The van der Waals surface area contributed by atoms with Crippen molar-refractivity contribution < 1.29 is 5.11 Å². The van der Waals surface area contributed by atoms with Gasteiger partial charge in [0.25, 0.3) is 0 Å². The fourth-order valence-corrected chi connectivity index (χ4v) is 2.09. The van der Waals surface area contributed by atoms with Crippen molar-refractivity contribution in [2.75, 3.05) is 0 Å². The zero-order chi connectivity index (χ0) is 9.97. The molecule has 0 fully saturated rings. The molecular formula is C13H16O. The van der Waals surface area contributed by atoms with Crippen molar-refractivity contribution >= 4 is 0 Å². The fourth-order valence-electron chi connectivity index (χ4n) is 2.09. The van der Waals surface area contributed by atoms with Crippen molar-refractivity contribution in [1.82, 2.24) is 0 Å². The van der Waals surface area contributed by atoms with Crippen LogP contribution in [-0.2, 0) is 12.8 Å². The number of hydrogen-bond donors (Lipinski definition) is 1. The average Bonchev–Trinajstić information content (AvgIpc) is 2.17. The molecule has 14 heavy (non-hydrogen) atoms. The Balaban J connectivity index is 2.21. The van der Waals surface area contributed by atoms with Crippen molar-refractivity contribution in [3.05, 3.63) is 47.0 Å². The highest BCUT2D eigenvalue weighted by Crippen LogP contribution is 2.24. The molecule has 1 aliphatic carbocycles. The number of fused-ring (bicyclic) bond motifs is 1. The van der Waals surface area contributed by atoms with Crippen LogP contribution < -0.4 is 0 Å². The standard InChI is InChI=1S/C13H16O/c1-10(14)8-11-6-7-12-4-2-3-5-13(12)9-11/h2-5,8,10,14H,6-7,9H2,1H3/b11-8-. The number of allylic oxidation sites excluding steroid dienone is 1. The Hall–Kier alpha value is -1.08. The van der Waals surface area contributed by atoms with Gasteiger partial charge in [-0.25, -0.2) is 0 Å². The van der Waals surface area contributed by atoms with Gasteiger partial charge in [-0.1, -0.05) is 35.9 Å². The molecule has 74 valence electrons. The third-order valence-electron chi connectivity index (χ3n) is 2.73. The highest BCUT2D eigenvalue weighted by atomic mass is 16.3. The highest BCUT2D eigenvalue weighted by molar-refractivity contribution is 5.35.